The number of aryl methyl sites for hydroxylation is 3. The normalized spacial score (nSPS) is 16.0. The lowest BCUT2D eigenvalue weighted by Crippen LogP contribution is -2.31. The third-order valence-corrected chi connectivity index (χ3v) is 5.05. The van der Waals surface area contributed by atoms with Crippen LogP contribution in [0.15, 0.2) is 23.0 Å². The summed E-state index contributed by atoms with van der Waals surface area (Å²) < 4.78 is 5.30. The number of rotatable bonds is 5. The highest BCUT2D eigenvalue weighted by Crippen LogP contribution is 2.32. The molecule has 26 heavy (non-hydrogen) atoms. The summed E-state index contributed by atoms with van der Waals surface area (Å²) in [5, 5.41) is 3.16. The largest absolute Gasteiger partial charge is 0.497 e. The number of benzene rings is 1. The summed E-state index contributed by atoms with van der Waals surface area (Å²) >= 11 is 0. The Morgan fingerprint density at radius 1 is 1.38 bits per heavy atom. The highest BCUT2D eigenvalue weighted by Gasteiger charge is 2.22. The minimum absolute atomic E-state index is 0.0173. The Kier molecular flexibility index (Phi) is 5.40. The lowest BCUT2D eigenvalue weighted by Gasteiger charge is -2.27. The fourth-order valence-electron chi connectivity index (χ4n) is 3.70. The smallest absolute Gasteiger partial charge is 0.345 e. The lowest BCUT2D eigenvalue weighted by molar-refractivity contribution is -0.121. The Labute approximate surface area is 153 Å². The van der Waals surface area contributed by atoms with Crippen LogP contribution < -0.4 is 15.7 Å². The molecule has 0 aliphatic heterocycles. The van der Waals surface area contributed by atoms with Gasteiger partial charge in [0.15, 0.2) is 0 Å². The number of carbonyl (C=O) groups is 1. The number of aromatic amines is 1. The van der Waals surface area contributed by atoms with Crippen molar-refractivity contribution in [2.75, 3.05) is 7.11 Å². The molecule has 1 atom stereocenters. The van der Waals surface area contributed by atoms with E-state index >= 15 is 0 Å². The van der Waals surface area contributed by atoms with Crippen molar-refractivity contribution in [3.8, 4) is 5.75 Å². The Bertz CT molecular complexity index is 847. The molecule has 1 aromatic heterocycles. The van der Waals surface area contributed by atoms with Gasteiger partial charge in [0.1, 0.15) is 5.75 Å². The minimum atomic E-state index is -0.345. The van der Waals surface area contributed by atoms with E-state index in [0.29, 0.717) is 18.5 Å². The van der Waals surface area contributed by atoms with E-state index in [1.807, 2.05) is 13.0 Å². The first kappa shape index (κ1) is 18.2. The molecule has 0 bridgehead atoms. The van der Waals surface area contributed by atoms with E-state index in [0.717, 1.165) is 36.3 Å². The summed E-state index contributed by atoms with van der Waals surface area (Å²) in [6, 6.07) is 6.11. The second-order valence-corrected chi connectivity index (χ2v) is 6.81. The summed E-state index contributed by atoms with van der Waals surface area (Å²) in [6.07, 6.45) is 3.95. The van der Waals surface area contributed by atoms with E-state index < -0.39 is 0 Å². The molecule has 1 aromatic carbocycles. The molecule has 2 aromatic rings. The van der Waals surface area contributed by atoms with Crippen LogP contribution in [0.25, 0.3) is 0 Å². The van der Waals surface area contributed by atoms with E-state index in [1.54, 1.807) is 14.0 Å². The molecule has 0 fully saturated rings. The van der Waals surface area contributed by atoms with Crippen molar-refractivity contribution in [3.63, 3.8) is 0 Å². The zero-order valence-electron chi connectivity index (χ0n) is 15.5. The van der Waals surface area contributed by atoms with Gasteiger partial charge in [0, 0.05) is 17.8 Å². The Balaban J connectivity index is 1.66. The quantitative estimate of drug-likeness (QED) is 0.863. The van der Waals surface area contributed by atoms with E-state index in [2.05, 4.69) is 27.4 Å². The minimum Gasteiger partial charge on any atom is -0.497 e. The molecule has 1 aliphatic rings. The number of H-pyrrole nitrogens is 1. The number of nitrogens with zero attached hydrogens (tertiary/aromatic N) is 1. The van der Waals surface area contributed by atoms with Gasteiger partial charge >= 0.3 is 5.69 Å². The molecule has 1 unspecified atom stereocenters. The average molecular weight is 355 g/mol. The fourth-order valence-corrected chi connectivity index (χ4v) is 3.70. The molecular formula is C20H25N3O3. The van der Waals surface area contributed by atoms with Crippen LogP contribution in [-0.2, 0) is 17.6 Å². The molecule has 0 spiro atoms. The van der Waals surface area contributed by atoms with Gasteiger partial charge in [-0.3, -0.25) is 4.79 Å². The van der Waals surface area contributed by atoms with Crippen LogP contribution in [0.1, 0.15) is 53.4 Å². The maximum Gasteiger partial charge on any atom is 0.345 e. The van der Waals surface area contributed by atoms with Crippen LogP contribution in [0.2, 0.25) is 0 Å². The van der Waals surface area contributed by atoms with Crippen LogP contribution in [0.4, 0.5) is 0 Å². The predicted molar refractivity (Wildman–Crippen MR) is 99.5 cm³/mol. The molecule has 1 heterocycles. The molecular weight excluding hydrogens is 330 g/mol. The van der Waals surface area contributed by atoms with Crippen molar-refractivity contribution in [1.29, 1.82) is 0 Å². The number of hydrogen-bond acceptors (Lipinski definition) is 4. The second-order valence-electron chi connectivity index (χ2n) is 6.81. The van der Waals surface area contributed by atoms with Crippen LogP contribution in [0.3, 0.4) is 0 Å². The standard InChI is InChI=1S/C20H25N3O3/c1-12-16(13(2)22-20(25)21-12)9-10-19(24)23-18-6-4-5-14-11-15(26-3)7-8-17(14)18/h7-8,11,18H,4-6,9-10H2,1-3H3,(H,23,24)(H,21,22,25). The Hall–Kier alpha value is -2.63. The Morgan fingerprint density at radius 3 is 2.92 bits per heavy atom. The maximum atomic E-state index is 12.5. The van der Waals surface area contributed by atoms with Crippen LogP contribution in [-0.4, -0.2) is 23.0 Å². The van der Waals surface area contributed by atoms with Crippen molar-refractivity contribution in [1.82, 2.24) is 15.3 Å². The van der Waals surface area contributed by atoms with E-state index in [-0.39, 0.29) is 17.6 Å². The topological polar surface area (TPSA) is 84.1 Å². The van der Waals surface area contributed by atoms with E-state index in [9.17, 15) is 9.59 Å². The van der Waals surface area contributed by atoms with Gasteiger partial charge in [-0.2, -0.15) is 4.98 Å². The van der Waals surface area contributed by atoms with Crippen molar-refractivity contribution in [2.24, 2.45) is 0 Å². The highest BCUT2D eigenvalue weighted by molar-refractivity contribution is 5.77. The van der Waals surface area contributed by atoms with Gasteiger partial charge in [0.05, 0.1) is 13.2 Å². The maximum absolute atomic E-state index is 12.5. The molecule has 2 N–H and O–H groups in total. The first-order valence-electron chi connectivity index (χ1n) is 9.00. The van der Waals surface area contributed by atoms with Gasteiger partial charge in [-0.1, -0.05) is 6.07 Å². The Morgan fingerprint density at radius 2 is 2.19 bits per heavy atom. The van der Waals surface area contributed by atoms with Crippen LogP contribution >= 0.6 is 0 Å². The number of amides is 1. The van der Waals surface area contributed by atoms with Gasteiger partial charge in [-0.05, 0) is 68.4 Å². The van der Waals surface area contributed by atoms with Gasteiger partial charge in [-0.15, -0.1) is 0 Å². The molecule has 1 amide bonds. The van der Waals surface area contributed by atoms with Crippen molar-refractivity contribution in [3.05, 3.63) is 56.8 Å². The molecule has 0 saturated heterocycles. The predicted octanol–water partition coefficient (Wildman–Crippen LogP) is 2.52. The van der Waals surface area contributed by atoms with Crippen molar-refractivity contribution in [2.45, 2.75) is 52.0 Å². The number of methoxy groups -OCH3 is 1. The van der Waals surface area contributed by atoms with Crippen LogP contribution in [0, 0.1) is 13.8 Å². The first-order valence-corrected chi connectivity index (χ1v) is 9.00. The monoisotopic (exact) mass is 355 g/mol. The number of fused-ring (bicyclic) bond motifs is 1. The molecule has 0 radical (unpaired) electrons. The third-order valence-electron chi connectivity index (χ3n) is 5.05. The number of carbonyl (C=O) groups excluding carboxylic acids is 1. The molecule has 6 nitrogen and oxygen atoms in total. The SMILES string of the molecule is COc1ccc2c(c1)CCCC2NC(=O)CCc1c(C)nc(=O)[nH]c1C. The summed E-state index contributed by atoms with van der Waals surface area (Å²) in [4.78, 5) is 30.5. The van der Waals surface area contributed by atoms with Crippen LogP contribution in [0.5, 0.6) is 5.75 Å². The summed E-state index contributed by atoms with van der Waals surface area (Å²) in [5.41, 5.74) is 4.50. The first-order chi connectivity index (χ1) is 12.5. The van der Waals surface area contributed by atoms with E-state index in [1.165, 1.54) is 11.1 Å². The number of aromatic nitrogens is 2. The van der Waals surface area contributed by atoms with E-state index in [4.69, 9.17) is 4.74 Å². The van der Waals surface area contributed by atoms with Gasteiger partial charge in [-0.25, -0.2) is 4.79 Å². The van der Waals surface area contributed by atoms with Gasteiger partial charge < -0.3 is 15.0 Å². The molecule has 3 rings (SSSR count). The van der Waals surface area contributed by atoms with Gasteiger partial charge in [0.2, 0.25) is 5.91 Å². The summed E-state index contributed by atoms with van der Waals surface area (Å²) in [5.74, 6) is 0.871. The average Bonchev–Trinajstić information content (AvgIpc) is 2.60. The highest BCUT2D eigenvalue weighted by atomic mass is 16.5. The van der Waals surface area contributed by atoms with Crippen molar-refractivity contribution < 1.29 is 9.53 Å². The van der Waals surface area contributed by atoms with Crippen molar-refractivity contribution >= 4 is 5.91 Å². The summed E-state index contributed by atoms with van der Waals surface area (Å²) in [6.45, 7) is 3.65. The second kappa shape index (κ2) is 7.72. The van der Waals surface area contributed by atoms with Gasteiger partial charge in [0.25, 0.3) is 0 Å². The lowest BCUT2D eigenvalue weighted by atomic mass is 9.87. The molecule has 138 valence electrons. The number of nitrogens with one attached hydrogen (secondary N) is 2. The number of ether oxygens (including phenoxy) is 1. The fraction of sp³-hybridized carbons (Fsp3) is 0.450. The third kappa shape index (κ3) is 3.95. The number of hydrogen-bond donors (Lipinski definition) is 2. The summed E-state index contributed by atoms with van der Waals surface area (Å²) in [7, 11) is 1.67. The molecule has 1 aliphatic carbocycles. The molecule has 0 saturated carbocycles. The zero-order chi connectivity index (χ0) is 18.7. The molecule has 6 heteroatoms. The zero-order valence-corrected chi connectivity index (χ0v) is 15.5.